The van der Waals surface area contributed by atoms with Crippen molar-refractivity contribution in [1.29, 1.82) is 0 Å². The number of carbonyl (C=O) groups excluding carboxylic acids is 2. The molecule has 0 radical (unpaired) electrons. The van der Waals surface area contributed by atoms with Crippen LogP contribution in [-0.2, 0) is 9.59 Å². The number of aryl methyl sites for hydroxylation is 2. The van der Waals surface area contributed by atoms with Gasteiger partial charge in [-0.3, -0.25) is 9.59 Å². The fourth-order valence-electron chi connectivity index (χ4n) is 4.20. The van der Waals surface area contributed by atoms with E-state index in [4.69, 9.17) is 11.5 Å². The highest BCUT2D eigenvalue weighted by Crippen LogP contribution is 2.25. The van der Waals surface area contributed by atoms with Crippen molar-refractivity contribution in [1.82, 2.24) is 15.1 Å². The highest BCUT2D eigenvalue weighted by Gasteiger charge is 2.31. The summed E-state index contributed by atoms with van der Waals surface area (Å²) in [6.45, 7) is 10.5. The van der Waals surface area contributed by atoms with Gasteiger partial charge in [0.05, 0.1) is 25.2 Å². The van der Waals surface area contributed by atoms with E-state index in [2.05, 4.69) is 5.32 Å². The van der Waals surface area contributed by atoms with E-state index < -0.39 is 5.72 Å². The normalized spacial score (nSPS) is 14.5. The molecule has 2 aromatic rings. The number of benzene rings is 2. The molecule has 0 aliphatic heterocycles. The standard InChI is InChI=1S/C29H45N5O3/c1-21-8-12-25(13-9-21)23(3)33(27(35)18-32-17-7-6-16-30)19-28(36)34(20-29(5,31)37)24(4)26-14-10-22(2)11-15-26/h8-15,23-24,32,37H,6-7,16-20,30-31H2,1-5H3/t23-,24-,29?/m0/s1. The van der Waals surface area contributed by atoms with Crippen LogP contribution in [0.4, 0.5) is 0 Å². The van der Waals surface area contributed by atoms with Crippen LogP contribution in [0, 0.1) is 13.8 Å². The quantitative estimate of drug-likeness (QED) is 0.228. The van der Waals surface area contributed by atoms with Crippen LogP contribution in [0.15, 0.2) is 48.5 Å². The van der Waals surface area contributed by atoms with Crippen LogP contribution in [0.3, 0.4) is 0 Å². The number of hydrogen-bond donors (Lipinski definition) is 4. The molecule has 8 heteroatoms. The zero-order valence-electron chi connectivity index (χ0n) is 23.0. The van der Waals surface area contributed by atoms with Gasteiger partial charge in [0.2, 0.25) is 11.8 Å². The fraction of sp³-hybridized carbons (Fsp3) is 0.517. The van der Waals surface area contributed by atoms with Crippen molar-refractivity contribution >= 4 is 11.8 Å². The maximum absolute atomic E-state index is 13.8. The third-order valence-electron chi connectivity index (χ3n) is 6.58. The number of nitrogens with one attached hydrogen (secondary N) is 1. The molecule has 2 amide bonds. The van der Waals surface area contributed by atoms with Crippen LogP contribution in [0.1, 0.15) is 68.0 Å². The number of rotatable bonds is 14. The van der Waals surface area contributed by atoms with Crippen molar-refractivity contribution in [3.8, 4) is 0 Å². The lowest BCUT2D eigenvalue weighted by Gasteiger charge is -2.37. The van der Waals surface area contributed by atoms with Gasteiger partial charge in [-0.2, -0.15) is 0 Å². The lowest BCUT2D eigenvalue weighted by molar-refractivity contribution is -0.145. The summed E-state index contributed by atoms with van der Waals surface area (Å²) in [4.78, 5) is 30.3. The smallest absolute Gasteiger partial charge is 0.242 e. The van der Waals surface area contributed by atoms with Crippen molar-refractivity contribution in [2.75, 3.05) is 32.7 Å². The Kier molecular flexibility index (Phi) is 11.7. The predicted octanol–water partition coefficient (Wildman–Crippen LogP) is 2.78. The van der Waals surface area contributed by atoms with Crippen molar-refractivity contribution in [3.63, 3.8) is 0 Å². The summed E-state index contributed by atoms with van der Waals surface area (Å²) in [5, 5.41) is 13.6. The molecular formula is C29H45N5O3. The number of aliphatic hydroxyl groups is 1. The molecule has 0 bridgehead atoms. The van der Waals surface area contributed by atoms with Gasteiger partial charge in [-0.05, 0) is 71.7 Å². The van der Waals surface area contributed by atoms with Crippen LogP contribution in [0.25, 0.3) is 0 Å². The second-order valence-electron chi connectivity index (χ2n) is 10.2. The van der Waals surface area contributed by atoms with Crippen LogP contribution in [0.5, 0.6) is 0 Å². The highest BCUT2D eigenvalue weighted by atomic mass is 16.3. The Morgan fingerprint density at radius 3 is 1.84 bits per heavy atom. The first-order valence-electron chi connectivity index (χ1n) is 13.1. The molecule has 6 N–H and O–H groups in total. The average Bonchev–Trinajstić information content (AvgIpc) is 2.85. The van der Waals surface area contributed by atoms with Crippen LogP contribution in [0.2, 0.25) is 0 Å². The zero-order valence-corrected chi connectivity index (χ0v) is 23.0. The Morgan fingerprint density at radius 2 is 1.38 bits per heavy atom. The van der Waals surface area contributed by atoms with Gasteiger partial charge in [0.25, 0.3) is 0 Å². The van der Waals surface area contributed by atoms with E-state index >= 15 is 0 Å². The molecule has 0 saturated heterocycles. The molecule has 0 saturated carbocycles. The van der Waals surface area contributed by atoms with Crippen LogP contribution >= 0.6 is 0 Å². The number of nitrogens with zero attached hydrogens (tertiary/aromatic N) is 2. The monoisotopic (exact) mass is 511 g/mol. The minimum absolute atomic E-state index is 0.0703. The molecule has 0 fully saturated rings. The van der Waals surface area contributed by atoms with E-state index in [0.29, 0.717) is 13.1 Å². The topological polar surface area (TPSA) is 125 Å². The Balaban J connectivity index is 2.30. The number of carbonyl (C=O) groups is 2. The maximum atomic E-state index is 13.8. The molecule has 0 heterocycles. The molecule has 2 rings (SSSR count). The number of unbranched alkanes of at least 4 members (excludes halogenated alkanes) is 1. The zero-order chi connectivity index (χ0) is 27.6. The van der Waals surface area contributed by atoms with E-state index in [-0.39, 0.29) is 43.5 Å². The predicted molar refractivity (Wildman–Crippen MR) is 149 cm³/mol. The lowest BCUT2D eigenvalue weighted by Crippen LogP contribution is -2.53. The number of amides is 2. The Bertz CT molecular complexity index is 986. The summed E-state index contributed by atoms with van der Waals surface area (Å²) >= 11 is 0. The van der Waals surface area contributed by atoms with Gasteiger partial charge in [-0.15, -0.1) is 0 Å². The van der Waals surface area contributed by atoms with Gasteiger partial charge >= 0.3 is 0 Å². The second kappa shape index (κ2) is 14.2. The van der Waals surface area contributed by atoms with Crippen molar-refractivity contribution in [2.45, 2.75) is 65.3 Å². The van der Waals surface area contributed by atoms with E-state index in [0.717, 1.165) is 35.1 Å². The van der Waals surface area contributed by atoms with Gasteiger partial charge in [-0.1, -0.05) is 59.7 Å². The molecule has 8 nitrogen and oxygen atoms in total. The minimum atomic E-state index is -1.59. The van der Waals surface area contributed by atoms with Gasteiger partial charge in [0, 0.05) is 0 Å². The van der Waals surface area contributed by atoms with Crippen molar-refractivity contribution in [2.24, 2.45) is 11.5 Å². The Morgan fingerprint density at radius 1 is 0.892 bits per heavy atom. The SMILES string of the molecule is Cc1ccc([C@H](C)N(CC(=O)N(CC(C)(N)O)[C@@H](C)c2ccc(C)cc2)C(=O)CNCCCCN)cc1. The lowest BCUT2D eigenvalue weighted by atomic mass is 10.0. The molecule has 0 aromatic heterocycles. The molecule has 2 aromatic carbocycles. The summed E-state index contributed by atoms with van der Waals surface area (Å²) in [6, 6.07) is 15.2. The summed E-state index contributed by atoms with van der Waals surface area (Å²) < 4.78 is 0. The van der Waals surface area contributed by atoms with Crippen LogP contribution in [-0.4, -0.2) is 65.2 Å². The maximum Gasteiger partial charge on any atom is 0.242 e. The first-order chi connectivity index (χ1) is 17.4. The van der Waals surface area contributed by atoms with E-state index in [1.165, 1.54) is 6.92 Å². The van der Waals surface area contributed by atoms with Gasteiger partial charge < -0.3 is 31.7 Å². The third kappa shape index (κ3) is 9.89. The van der Waals surface area contributed by atoms with E-state index in [1.807, 2.05) is 76.2 Å². The average molecular weight is 512 g/mol. The number of hydrogen-bond acceptors (Lipinski definition) is 6. The minimum Gasteiger partial charge on any atom is -0.375 e. The Labute approximate surface area is 222 Å². The summed E-state index contributed by atoms with van der Waals surface area (Å²) in [6.07, 6.45) is 1.76. The van der Waals surface area contributed by atoms with Crippen LogP contribution < -0.4 is 16.8 Å². The van der Waals surface area contributed by atoms with E-state index in [9.17, 15) is 14.7 Å². The molecule has 37 heavy (non-hydrogen) atoms. The second-order valence-corrected chi connectivity index (χ2v) is 10.2. The Hall–Kier alpha value is -2.78. The summed E-state index contributed by atoms with van der Waals surface area (Å²) in [7, 11) is 0. The molecule has 0 aliphatic carbocycles. The van der Waals surface area contributed by atoms with Gasteiger partial charge in [0.15, 0.2) is 0 Å². The fourth-order valence-corrected chi connectivity index (χ4v) is 4.20. The molecule has 204 valence electrons. The van der Waals surface area contributed by atoms with Crippen molar-refractivity contribution in [3.05, 3.63) is 70.8 Å². The summed E-state index contributed by atoms with van der Waals surface area (Å²) in [5.41, 5.74) is 14.0. The largest absolute Gasteiger partial charge is 0.375 e. The first-order valence-corrected chi connectivity index (χ1v) is 13.1. The molecule has 0 aliphatic rings. The molecular weight excluding hydrogens is 466 g/mol. The van der Waals surface area contributed by atoms with Gasteiger partial charge in [0.1, 0.15) is 12.3 Å². The molecule has 1 unspecified atom stereocenters. The van der Waals surface area contributed by atoms with E-state index in [1.54, 1.807) is 9.80 Å². The third-order valence-corrected chi connectivity index (χ3v) is 6.58. The van der Waals surface area contributed by atoms with Gasteiger partial charge in [-0.25, -0.2) is 0 Å². The summed E-state index contributed by atoms with van der Waals surface area (Å²) in [5.74, 6) is -0.453. The highest BCUT2D eigenvalue weighted by molar-refractivity contribution is 5.86. The van der Waals surface area contributed by atoms with Crippen molar-refractivity contribution < 1.29 is 14.7 Å². The number of nitrogens with two attached hydrogens (primary N) is 2. The molecule has 0 spiro atoms. The molecule has 3 atom stereocenters. The first kappa shape index (κ1) is 30.4.